The number of hydrogen-bond donors (Lipinski definition) is 2. The largest absolute Gasteiger partial charge is 0.324 e. The Hall–Kier alpha value is -1.66. The van der Waals surface area contributed by atoms with Crippen LogP contribution in [0.15, 0.2) is 41.1 Å². The van der Waals surface area contributed by atoms with Crippen molar-refractivity contribution < 1.29 is 4.79 Å². The highest BCUT2D eigenvalue weighted by atomic mass is 79.9. The Kier molecular flexibility index (Phi) is 4.70. The summed E-state index contributed by atoms with van der Waals surface area (Å²) in [5.74, 6) is -0.0733. The molecule has 1 heterocycles. The van der Waals surface area contributed by atoms with Gasteiger partial charge in [-0.25, -0.2) is 0 Å². The first-order chi connectivity index (χ1) is 9.15. The molecule has 0 atom stereocenters. The highest BCUT2D eigenvalue weighted by Gasteiger charge is 2.04. The van der Waals surface area contributed by atoms with E-state index < -0.39 is 0 Å². The molecule has 0 unspecified atom stereocenters. The molecule has 2 rings (SSSR count). The van der Waals surface area contributed by atoms with Gasteiger partial charge < -0.3 is 10.6 Å². The lowest BCUT2D eigenvalue weighted by Crippen LogP contribution is -2.27. The summed E-state index contributed by atoms with van der Waals surface area (Å²) in [4.78, 5) is 11.7. The smallest absolute Gasteiger partial charge is 0.238 e. The van der Waals surface area contributed by atoms with Crippen LogP contribution >= 0.6 is 15.9 Å². The van der Waals surface area contributed by atoms with E-state index in [2.05, 4.69) is 31.7 Å². The Labute approximate surface area is 120 Å². The van der Waals surface area contributed by atoms with E-state index in [-0.39, 0.29) is 12.5 Å². The number of nitrogens with zero attached hydrogens (tertiary/aromatic N) is 2. The standard InChI is InChI=1S/C13H15BrN4O/c1-18-9-10(7-16-18)6-15-8-13(19)17-12-5-3-2-4-11(12)14/h2-5,7,9,15H,6,8H2,1H3,(H,17,19). The number of carbonyl (C=O) groups is 1. The molecule has 0 saturated heterocycles. The third-order valence-corrected chi connectivity index (χ3v) is 3.21. The van der Waals surface area contributed by atoms with Crippen LogP contribution in [0.5, 0.6) is 0 Å². The molecule has 0 aliphatic heterocycles. The van der Waals surface area contributed by atoms with Gasteiger partial charge in [0.05, 0.1) is 18.4 Å². The van der Waals surface area contributed by atoms with Crippen molar-refractivity contribution >= 4 is 27.5 Å². The molecule has 19 heavy (non-hydrogen) atoms. The molecule has 6 heteroatoms. The van der Waals surface area contributed by atoms with Crippen LogP contribution in [0.4, 0.5) is 5.69 Å². The van der Waals surface area contributed by atoms with E-state index in [4.69, 9.17) is 0 Å². The molecule has 2 aromatic rings. The number of nitrogens with one attached hydrogen (secondary N) is 2. The fourth-order valence-electron chi connectivity index (χ4n) is 1.64. The van der Waals surface area contributed by atoms with Crippen LogP contribution in [0.1, 0.15) is 5.56 Å². The van der Waals surface area contributed by atoms with Crippen LogP contribution < -0.4 is 10.6 Å². The number of amides is 1. The molecule has 0 spiro atoms. The maximum atomic E-state index is 11.7. The van der Waals surface area contributed by atoms with Crippen LogP contribution in [0.3, 0.4) is 0 Å². The minimum Gasteiger partial charge on any atom is -0.324 e. The molecule has 1 amide bonds. The molecule has 0 radical (unpaired) electrons. The predicted molar refractivity (Wildman–Crippen MR) is 77.7 cm³/mol. The number of hydrogen-bond acceptors (Lipinski definition) is 3. The van der Waals surface area contributed by atoms with Crippen LogP contribution in [0.2, 0.25) is 0 Å². The van der Waals surface area contributed by atoms with Gasteiger partial charge in [-0.05, 0) is 28.1 Å². The van der Waals surface area contributed by atoms with Gasteiger partial charge in [-0.1, -0.05) is 12.1 Å². The Balaban J connectivity index is 1.77. The van der Waals surface area contributed by atoms with Crippen LogP contribution in [0.25, 0.3) is 0 Å². The normalized spacial score (nSPS) is 10.4. The predicted octanol–water partition coefficient (Wildman–Crippen LogP) is 1.91. The van der Waals surface area contributed by atoms with E-state index in [1.165, 1.54) is 0 Å². The zero-order valence-corrected chi connectivity index (χ0v) is 12.1. The van der Waals surface area contributed by atoms with E-state index >= 15 is 0 Å². The van der Waals surface area contributed by atoms with Gasteiger partial charge in [0.2, 0.25) is 5.91 Å². The minimum atomic E-state index is -0.0733. The Morgan fingerprint density at radius 3 is 2.89 bits per heavy atom. The summed E-state index contributed by atoms with van der Waals surface area (Å²) in [5.41, 5.74) is 1.83. The highest BCUT2D eigenvalue weighted by molar-refractivity contribution is 9.10. The summed E-state index contributed by atoms with van der Waals surface area (Å²) < 4.78 is 2.61. The number of aryl methyl sites for hydroxylation is 1. The summed E-state index contributed by atoms with van der Waals surface area (Å²) in [6.45, 7) is 0.882. The van der Waals surface area contributed by atoms with Crippen molar-refractivity contribution in [2.24, 2.45) is 7.05 Å². The first-order valence-electron chi connectivity index (χ1n) is 5.88. The molecule has 0 bridgehead atoms. The monoisotopic (exact) mass is 322 g/mol. The lowest BCUT2D eigenvalue weighted by Gasteiger charge is -2.07. The summed E-state index contributed by atoms with van der Waals surface area (Å²) in [7, 11) is 1.86. The fourth-order valence-corrected chi connectivity index (χ4v) is 2.02. The third-order valence-electron chi connectivity index (χ3n) is 2.52. The molecule has 1 aromatic heterocycles. The quantitative estimate of drug-likeness (QED) is 0.884. The van der Waals surface area contributed by atoms with E-state index in [1.54, 1.807) is 10.9 Å². The van der Waals surface area contributed by atoms with Crippen molar-refractivity contribution in [3.05, 3.63) is 46.7 Å². The zero-order valence-electron chi connectivity index (χ0n) is 10.6. The second-order valence-corrected chi connectivity index (χ2v) is 5.01. The average Bonchev–Trinajstić information content (AvgIpc) is 2.78. The molecule has 5 nitrogen and oxygen atoms in total. The van der Waals surface area contributed by atoms with E-state index in [1.807, 2.05) is 37.5 Å². The Morgan fingerprint density at radius 1 is 1.42 bits per heavy atom. The number of rotatable bonds is 5. The molecule has 0 saturated carbocycles. The van der Waals surface area contributed by atoms with Gasteiger partial charge in [-0.2, -0.15) is 5.10 Å². The first-order valence-corrected chi connectivity index (χ1v) is 6.67. The van der Waals surface area contributed by atoms with Gasteiger partial charge in [0.25, 0.3) is 0 Å². The lowest BCUT2D eigenvalue weighted by molar-refractivity contribution is -0.115. The van der Waals surface area contributed by atoms with Crippen molar-refractivity contribution in [1.82, 2.24) is 15.1 Å². The van der Waals surface area contributed by atoms with E-state index in [0.717, 1.165) is 15.7 Å². The number of benzene rings is 1. The number of carbonyl (C=O) groups excluding carboxylic acids is 1. The molecule has 2 N–H and O–H groups in total. The van der Waals surface area contributed by atoms with Crippen molar-refractivity contribution in [2.75, 3.05) is 11.9 Å². The van der Waals surface area contributed by atoms with E-state index in [9.17, 15) is 4.79 Å². The summed E-state index contributed by atoms with van der Waals surface area (Å²) in [6.07, 6.45) is 3.69. The second kappa shape index (κ2) is 6.49. The van der Waals surface area contributed by atoms with Gasteiger partial charge in [0.15, 0.2) is 0 Å². The van der Waals surface area contributed by atoms with E-state index in [0.29, 0.717) is 6.54 Å². The SMILES string of the molecule is Cn1cc(CNCC(=O)Nc2ccccc2Br)cn1. The van der Waals surface area contributed by atoms with Crippen LogP contribution in [0, 0.1) is 0 Å². The van der Waals surface area contributed by atoms with Gasteiger partial charge >= 0.3 is 0 Å². The topological polar surface area (TPSA) is 59.0 Å². The van der Waals surface area contributed by atoms with Crippen LogP contribution in [-0.2, 0) is 18.4 Å². The second-order valence-electron chi connectivity index (χ2n) is 4.15. The zero-order chi connectivity index (χ0) is 13.7. The number of para-hydroxylation sites is 1. The Morgan fingerprint density at radius 2 is 2.21 bits per heavy atom. The van der Waals surface area contributed by atoms with Crippen molar-refractivity contribution in [3.63, 3.8) is 0 Å². The third kappa shape index (κ3) is 4.18. The van der Waals surface area contributed by atoms with Crippen molar-refractivity contribution in [3.8, 4) is 0 Å². The maximum Gasteiger partial charge on any atom is 0.238 e. The van der Waals surface area contributed by atoms with Crippen molar-refractivity contribution in [1.29, 1.82) is 0 Å². The molecular formula is C13H15BrN4O. The van der Waals surface area contributed by atoms with Gasteiger partial charge in [0.1, 0.15) is 0 Å². The molecule has 0 aliphatic rings. The van der Waals surface area contributed by atoms with Gasteiger partial charge in [0, 0.05) is 29.8 Å². The molecule has 100 valence electrons. The number of anilines is 1. The number of halogens is 1. The highest BCUT2D eigenvalue weighted by Crippen LogP contribution is 2.20. The summed E-state index contributed by atoms with van der Waals surface area (Å²) >= 11 is 3.39. The van der Waals surface area contributed by atoms with Gasteiger partial charge in [-0.15, -0.1) is 0 Å². The molecular weight excluding hydrogens is 308 g/mol. The Bertz CT molecular complexity index is 567. The van der Waals surface area contributed by atoms with Crippen molar-refractivity contribution in [2.45, 2.75) is 6.54 Å². The maximum absolute atomic E-state index is 11.7. The molecule has 0 aliphatic carbocycles. The average molecular weight is 323 g/mol. The lowest BCUT2D eigenvalue weighted by atomic mass is 10.3. The minimum absolute atomic E-state index is 0.0733. The van der Waals surface area contributed by atoms with Gasteiger partial charge in [-0.3, -0.25) is 9.48 Å². The molecule has 0 fully saturated rings. The first kappa shape index (κ1) is 13.8. The number of aromatic nitrogens is 2. The summed E-state index contributed by atoms with van der Waals surface area (Å²) in [5, 5.41) is 9.97. The summed E-state index contributed by atoms with van der Waals surface area (Å²) in [6, 6.07) is 7.52. The fraction of sp³-hybridized carbons (Fsp3) is 0.231. The molecule has 1 aromatic carbocycles. The van der Waals surface area contributed by atoms with Crippen LogP contribution in [-0.4, -0.2) is 22.2 Å².